The molecule has 1 N–H and O–H groups in total. The number of aliphatic hydroxyl groups is 1. The second-order valence-corrected chi connectivity index (χ2v) is 15.7. The highest BCUT2D eigenvalue weighted by Gasteiger charge is 2.45. The number of rotatable bonds is 4. The van der Waals surface area contributed by atoms with Crippen molar-refractivity contribution in [1.29, 1.82) is 0 Å². The molecule has 0 aliphatic carbocycles. The summed E-state index contributed by atoms with van der Waals surface area (Å²) in [5.41, 5.74) is 1.59. The molecule has 0 saturated carbocycles. The van der Waals surface area contributed by atoms with E-state index in [9.17, 15) is 19.5 Å². The predicted molar refractivity (Wildman–Crippen MR) is 138 cm³/mol. The third-order valence-electron chi connectivity index (χ3n) is 8.03. The molecular weight excluding hydrogens is 476 g/mol. The van der Waals surface area contributed by atoms with E-state index in [0.717, 1.165) is 21.7 Å². The maximum Gasteiger partial charge on any atom is 0.343 e. The first-order chi connectivity index (χ1) is 16.9. The van der Waals surface area contributed by atoms with Crippen LogP contribution in [0.25, 0.3) is 22.3 Å². The van der Waals surface area contributed by atoms with E-state index >= 15 is 0 Å². The van der Waals surface area contributed by atoms with E-state index in [1.54, 1.807) is 17.6 Å². The van der Waals surface area contributed by atoms with Gasteiger partial charge in [0.2, 0.25) is 0 Å². The summed E-state index contributed by atoms with van der Waals surface area (Å²) in [7, 11) is -1.95. The summed E-state index contributed by atoms with van der Waals surface area (Å²) in [6, 6.07) is 7.50. The lowest BCUT2D eigenvalue weighted by Crippen LogP contribution is -2.45. The number of aromatic nitrogens is 2. The highest BCUT2D eigenvalue weighted by atomic mass is 28.3. The number of hydrogen-bond acceptors (Lipinski definition) is 7. The normalized spacial score (nSPS) is 18.6. The highest BCUT2D eigenvalue weighted by Crippen LogP contribution is 2.40. The van der Waals surface area contributed by atoms with E-state index in [2.05, 4.69) is 26.9 Å². The largest absolute Gasteiger partial charge is 0.458 e. The van der Waals surface area contributed by atoms with Gasteiger partial charge in [-0.05, 0) is 35.3 Å². The van der Waals surface area contributed by atoms with Crippen LogP contribution in [0, 0.1) is 0 Å². The molecule has 9 heteroatoms. The Hall–Kier alpha value is -3.30. The van der Waals surface area contributed by atoms with Crippen molar-refractivity contribution in [3.8, 4) is 17.1 Å². The maximum atomic E-state index is 13.5. The Morgan fingerprint density at radius 1 is 1.28 bits per heavy atom. The van der Waals surface area contributed by atoms with Crippen molar-refractivity contribution >= 4 is 36.1 Å². The van der Waals surface area contributed by atoms with Crippen molar-refractivity contribution in [1.82, 2.24) is 9.55 Å². The van der Waals surface area contributed by atoms with Crippen molar-refractivity contribution in [2.75, 3.05) is 0 Å². The zero-order valence-corrected chi connectivity index (χ0v) is 22.4. The maximum absolute atomic E-state index is 13.5. The van der Waals surface area contributed by atoms with Gasteiger partial charge in [0.1, 0.15) is 12.4 Å². The van der Waals surface area contributed by atoms with Gasteiger partial charge in [0.25, 0.3) is 5.56 Å². The molecule has 2 aromatic heterocycles. The molecule has 8 nitrogen and oxygen atoms in total. The van der Waals surface area contributed by atoms with Gasteiger partial charge >= 0.3 is 11.9 Å². The van der Waals surface area contributed by atoms with Crippen molar-refractivity contribution in [2.45, 2.75) is 71.5 Å². The van der Waals surface area contributed by atoms with Crippen LogP contribution in [0.3, 0.4) is 0 Å². The molecular formula is C27H30N2O6Si. The van der Waals surface area contributed by atoms with E-state index in [-0.39, 0.29) is 36.3 Å². The lowest BCUT2D eigenvalue weighted by atomic mass is 9.86. The molecule has 0 unspecified atom stereocenters. The smallest absolute Gasteiger partial charge is 0.343 e. The lowest BCUT2D eigenvalue weighted by molar-refractivity contribution is -0.172. The predicted octanol–water partition coefficient (Wildman–Crippen LogP) is 3.33. The molecule has 1 atom stereocenters. The third-order valence-corrected chi connectivity index (χ3v) is 12.7. The van der Waals surface area contributed by atoms with Crippen LogP contribution >= 0.6 is 0 Å². The fourth-order valence-corrected chi connectivity index (χ4v) is 7.05. The van der Waals surface area contributed by atoms with E-state index in [1.807, 2.05) is 18.2 Å². The average molecular weight is 507 g/mol. The van der Waals surface area contributed by atoms with Gasteiger partial charge in [-0.15, -0.1) is 0 Å². The molecule has 0 spiro atoms. The number of ether oxygens (including phenoxy) is 2. The fourth-order valence-electron chi connectivity index (χ4n) is 5.12. The molecule has 36 heavy (non-hydrogen) atoms. The minimum atomic E-state index is -1.95. The Kier molecular flexibility index (Phi) is 5.49. The second-order valence-electron chi connectivity index (χ2n) is 10.6. The molecule has 5 rings (SSSR count). The molecule has 4 heterocycles. The van der Waals surface area contributed by atoms with Crippen molar-refractivity contribution < 1.29 is 24.2 Å². The number of nitrogens with zero attached hydrogens (tertiary/aromatic N) is 2. The Balaban J connectivity index is 1.81. The lowest BCUT2D eigenvalue weighted by Gasteiger charge is -2.31. The van der Waals surface area contributed by atoms with Gasteiger partial charge in [0.15, 0.2) is 5.60 Å². The Labute approximate surface area is 209 Å². The number of pyridine rings is 2. The number of hydrogen-bond donors (Lipinski definition) is 1. The molecule has 0 radical (unpaired) electrons. The zero-order chi connectivity index (χ0) is 26.2. The van der Waals surface area contributed by atoms with Gasteiger partial charge in [-0.25, -0.2) is 9.78 Å². The molecule has 3 aromatic rings. The molecule has 1 aromatic carbocycles. The van der Waals surface area contributed by atoms with Crippen LogP contribution in [0.2, 0.25) is 18.6 Å². The molecule has 2 aliphatic heterocycles. The number of cyclic esters (lactones) is 1. The third kappa shape index (κ3) is 3.36. The molecule has 0 fully saturated rings. The van der Waals surface area contributed by atoms with Crippen LogP contribution in [0.15, 0.2) is 29.1 Å². The Morgan fingerprint density at radius 3 is 2.64 bits per heavy atom. The Morgan fingerprint density at radius 2 is 2.00 bits per heavy atom. The summed E-state index contributed by atoms with van der Waals surface area (Å²) in [5, 5.41) is 13.0. The number of esters is 2. The minimum absolute atomic E-state index is 0.0871. The summed E-state index contributed by atoms with van der Waals surface area (Å²) in [6.07, 6.45) is 0.0871. The van der Waals surface area contributed by atoms with Gasteiger partial charge in [-0.1, -0.05) is 39.9 Å². The molecule has 0 bridgehead atoms. The summed E-state index contributed by atoms with van der Waals surface area (Å²) in [4.78, 5) is 42.8. The van der Waals surface area contributed by atoms with Crippen LogP contribution in [0.1, 0.15) is 50.8 Å². The molecule has 2 aliphatic rings. The molecule has 188 valence electrons. The van der Waals surface area contributed by atoms with E-state index < -0.39 is 25.6 Å². The summed E-state index contributed by atoms with van der Waals surface area (Å²) < 4.78 is 12.3. The van der Waals surface area contributed by atoms with Gasteiger partial charge < -0.3 is 19.1 Å². The zero-order valence-electron chi connectivity index (χ0n) is 21.4. The van der Waals surface area contributed by atoms with E-state index in [4.69, 9.17) is 14.5 Å². The number of carbonyl (C=O) groups is 2. The standard InChI is InChI=1S/C27H30N2O6Si/c1-7-27(33)19-11-20-23-16(12-29(20)25(31)18(19)13-34-26(27)32)10-17-21(35-15(4)30)8-9-22(24(17)28-23)36(5,6)14(2)3/h8-11,14,33H,7,12-13H2,1-6H3/t27-/m0/s1. The first-order valence-corrected chi connectivity index (χ1v) is 15.3. The highest BCUT2D eigenvalue weighted by molar-refractivity contribution is 6.92. The van der Waals surface area contributed by atoms with Gasteiger partial charge in [0, 0.05) is 23.4 Å². The van der Waals surface area contributed by atoms with Crippen LogP contribution in [0.5, 0.6) is 5.75 Å². The van der Waals surface area contributed by atoms with Crippen molar-refractivity contribution in [2.24, 2.45) is 0 Å². The van der Waals surface area contributed by atoms with Crippen LogP contribution in [-0.4, -0.2) is 34.7 Å². The first kappa shape index (κ1) is 24.4. The van der Waals surface area contributed by atoms with Gasteiger partial charge in [0.05, 0.1) is 37.1 Å². The average Bonchev–Trinajstić information content (AvgIpc) is 3.18. The SMILES string of the molecule is CC[C@@]1(O)C(=O)OCc2c1cc1n(c2=O)Cc2cc3c(OC(C)=O)ccc([Si](C)(C)C(C)C)c3nc2-1. The van der Waals surface area contributed by atoms with Crippen LogP contribution in [-0.2, 0) is 33.1 Å². The van der Waals surface area contributed by atoms with Crippen LogP contribution < -0.4 is 15.5 Å². The van der Waals surface area contributed by atoms with Crippen LogP contribution in [0.4, 0.5) is 0 Å². The topological polar surface area (TPSA) is 108 Å². The quantitative estimate of drug-likeness (QED) is 0.257. The number of fused-ring (bicyclic) bond motifs is 5. The number of carbonyl (C=O) groups excluding carboxylic acids is 2. The van der Waals surface area contributed by atoms with E-state index in [0.29, 0.717) is 22.7 Å². The Bertz CT molecular complexity index is 1520. The van der Waals surface area contributed by atoms with E-state index in [1.165, 1.54) is 6.92 Å². The van der Waals surface area contributed by atoms with Crippen molar-refractivity contribution in [3.05, 3.63) is 51.3 Å². The summed E-state index contributed by atoms with van der Waals surface area (Å²) in [5.74, 6) is -0.725. The monoisotopic (exact) mass is 506 g/mol. The van der Waals surface area contributed by atoms with Crippen molar-refractivity contribution in [3.63, 3.8) is 0 Å². The first-order valence-electron chi connectivity index (χ1n) is 12.2. The minimum Gasteiger partial charge on any atom is -0.458 e. The summed E-state index contributed by atoms with van der Waals surface area (Å²) >= 11 is 0. The fraction of sp³-hybridized carbons (Fsp3) is 0.407. The van der Waals surface area contributed by atoms with Gasteiger partial charge in [-0.2, -0.15) is 0 Å². The van der Waals surface area contributed by atoms with Gasteiger partial charge in [-0.3, -0.25) is 9.59 Å². The molecule has 0 amide bonds. The molecule has 0 saturated heterocycles. The number of benzene rings is 1. The summed E-state index contributed by atoms with van der Waals surface area (Å²) in [6.45, 7) is 12.1. The second kappa shape index (κ2) is 8.11.